The summed E-state index contributed by atoms with van der Waals surface area (Å²) in [5, 5.41) is 6.13. The van der Waals surface area contributed by atoms with Crippen molar-refractivity contribution in [1.29, 1.82) is 0 Å². The van der Waals surface area contributed by atoms with E-state index in [9.17, 15) is 14.4 Å². The molecule has 7 heteroatoms. The third-order valence-corrected chi connectivity index (χ3v) is 7.54. The molecule has 1 amide bonds. The zero-order valence-corrected chi connectivity index (χ0v) is 23.1. The molecular formula is C34H29N3O4. The molecule has 4 aromatic carbocycles. The van der Waals surface area contributed by atoms with Gasteiger partial charge >= 0.3 is 5.97 Å². The predicted molar refractivity (Wildman–Crippen MR) is 163 cm³/mol. The number of nitrogens with zero attached hydrogens (tertiary/aromatic N) is 2. The van der Waals surface area contributed by atoms with Crippen molar-refractivity contribution < 1.29 is 14.3 Å². The van der Waals surface area contributed by atoms with Crippen LogP contribution in [-0.4, -0.2) is 27.6 Å². The largest absolute Gasteiger partial charge is 0.451 e. The second-order valence-electron chi connectivity index (χ2n) is 10.1. The Morgan fingerprint density at radius 2 is 1.46 bits per heavy atom. The Balaban J connectivity index is 1.29. The summed E-state index contributed by atoms with van der Waals surface area (Å²) in [6.45, 7) is 4.41. The van der Waals surface area contributed by atoms with Gasteiger partial charge in [-0.15, -0.1) is 0 Å². The minimum atomic E-state index is -0.748. The zero-order chi connectivity index (χ0) is 28.7. The van der Waals surface area contributed by atoms with E-state index in [1.807, 2.05) is 73.7 Å². The van der Waals surface area contributed by atoms with Gasteiger partial charge in [0.15, 0.2) is 6.61 Å². The summed E-state index contributed by atoms with van der Waals surface area (Å²) in [5.41, 5.74) is 5.04. The van der Waals surface area contributed by atoms with E-state index < -0.39 is 18.5 Å². The third kappa shape index (κ3) is 4.55. The van der Waals surface area contributed by atoms with Crippen molar-refractivity contribution in [2.75, 3.05) is 11.9 Å². The number of rotatable bonds is 6. The van der Waals surface area contributed by atoms with Gasteiger partial charge in [0.25, 0.3) is 11.5 Å². The van der Waals surface area contributed by atoms with Crippen molar-refractivity contribution in [2.45, 2.75) is 20.4 Å². The van der Waals surface area contributed by atoms with Crippen LogP contribution in [0, 0.1) is 6.92 Å². The molecule has 2 aromatic heterocycles. The van der Waals surface area contributed by atoms with Crippen molar-refractivity contribution in [3.8, 4) is 11.1 Å². The molecule has 6 aromatic rings. The van der Waals surface area contributed by atoms with E-state index >= 15 is 0 Å². The standard InChI is InChI=1S/C34H29N3O4/c1-4-37-28-12-8-7-9-24(28)27-19-23(17-18-29(27)37)35-30(38)20-41-34(40)32-31(22-15-13-21(2)14-16-22)25-10-5-6-11-26(25)33(39)36(32)3/h5-19H,4,20H2,1-3H3,(H,35,38). The van der Waals surface area contributed by atoms with Crippen molar-refractivity contribution in [2.24, 2.45) is 7.05 Å². The van der Waals surface area contributed by atoms with Crippen LogP contribution < -0.4 is 10.9 Å². The first-order chi connectivity index (χ1) is 19.9. The lowest BCUT2D eigenvalue weighted by atomic mass is 9.96. The number of para-hydroxylation sites is 1. The highest BCUT2D eigenvalue weighted by molar-refractivity contribution is 6.10. The highest BCUT2D eigenvalue weighted by Crippen LogP contribution is 2.32. The molecule has 7 nitrogen and oxygen atoms in total. The Labute approximate surface area is 236 Å². The highest BCUT2D eigenvalue weighted by atomic mass is 16.5. The van der Waals surface area contributed by atoms with Crippen LogP contribution in [0.25, 0.3) is 43.7 Å². The average Bonchev–Trinajstić information content (AvgIpc) is 3.31. The van der Waals surface area contributed by atoms with Gasteiger partial charge < -0.3 is 19.2 Å². The monoisotopic (exact) mass is 543 g/mol. The molecule has 0 spiro atoms. The number of hydrogen-bond acceptors (Lipinski definition) is 4. The SMILES string of the molecule is CCn1c2ccccc2c2cc(NC(=O)COC(=O)c3c(-c4ccc(C)cc4)c4ccccc4c(=O)n3C)ccc21. The van der Waals surface area contributed by atoms with E-state index in [4.69, 9.17) is 4.74 Å². The minimum Gasteiger partial charge on any atom is -0.451 e. The first-order valence-corrected chi connectivity index (χ1v) is 13.5. The number of esters is 1. The minimum absolute atomic E-state index is 0.0964. The van der Waals surface area contributed by atoms with Gasteiger partial charge in [0, 0.05) is 52.0 Å². The number of carbonyl (C=O) groups is 2. The zero-order valence-electron chi connectivity index (χ0n) is 23.1. The first-order valence-electron chi connectivity index (χ1n) is 13.5. The second kappa shape index (κ2) is 10.4. The first kappa shape index (κ1) is 26.1. The van der Waals surface area contributed by atoms with E-state index in [2.05, 4.69) is 28.9 Å². The van der Waals surface area contributed by atoms with Gasteiger partial charge in [-0.3, -0.25) is 9.59 Å². The summed E-state index contributed by atoms with van der Waals surface area (Å²) in [6.07, 6.45) is 0. The molecule has 41 heavy (non-hydrogen) atoms. The fraction of sp³-hybridized carbons (Fsp3) is 0.147. The summed E-state index contributed by atoms with van der Waals surface area (Å²) in [5.74, 6) is -1.22. The number of ether oxygens (including phenoxy) is 1. The van der Waals surface area contributed by atoms with Crippen molar-refractivity contribution >= 4 is 50.1 Å². The van der Waals surface area contributed by atoms with Crippen molar-refractivity contribution in [1.82, 2.24) is 9.13 Å². The van der Waals surface area contributed by atoms with E-state index in [1.54, 1.807) is 19.2 Å². The predicted octanol–water partition coefficient (Wildman–Crippen LogP) is 6.44. The molecule has 0 radical (unpaired) electrons. The molecule has 1 N–H and O–H groups in total. The number of fused-ring (bicyclic) bond motifs is 4. The van der Waals surface area contributed by atoms with Gasteiger partial charge in [0.05, 0.1) is 0 Å². The van der Waals surface area contributed by atoms with Crippen LogP contribution in [0.4, 0.5) is 5.69 Å². The molecule has 0 saturated carbocycles. The maximum Gasteiger partial charge on any atom is 0.356 e. The molecule has 0 fully saturated rings. The Morgan fingerprint density at radius 3 is 2.20 bits per heavy atom. The smallest absolute Gasteiger partial charge is 0.356 e. The van der Waals surface area contributed by atoms with Crippen LogP contribution in [0.15, 0.2) is 95.8 Å². The van der Waals surface area contributed by atoms with E-state index in [0.29, 0.717) is 22.0 Å². The van der Waals surface area contributed by atoms with Gasteiger partial charge in [-0.2, -0.15) is 0 Å². The van der Waals surface area contributed by atoms with E-state index in [-0.39, 0.29) is 11.3 Å². The van der Waals surface area contributed by atoms with Gasteiger partial charge in [0.1, 0.15) is 5.69 Å². The summed E-state index contributed by atoms with van der Waals surface area (Å²) in [6, 6.07) is 28.8. The molecule has 0 unspecified atom stereocenters. The fourth-order valence-electron chi connectivity index (χ4n) is 5.59. The number of aryl methyl sites for hydroxylation is 2. The summed E-state index contributed by atoms with van der Waals surface area (Å²) >= 11 is 0. The Bertz CT molecular complexity index is 2030. The Morgan fingerprint density at radius 1 is 0.805 bits per heavy atom. The Hall–Kier alpha value is -5.17. The molecule has 204 valence electrons. The normalized spacial score (nSPS) is 11.3. The van der Waals surface area contributed by atoms with Crippen LogP contribution in [0.2, 0.25) is 0 Å². The van der Waals surface area contributed by atoms with Crippen LogP contribution >= 0.6 is 0 Å². The number of pyridine rings is 1. The molecule has 6 rings (SSSR count). The molecule has 0 atom stereocenters. The molecule has 2 heterocycles. The van der Waals surface area contributed by atoms with Gasteiger partial charge in [-0.05, 0) is 55.1 Å². The lowest BCUT2D eigenvalue weighted by Gasteiger charge is -2.17. The summed E-state index contributed by atoms with van der Waals surface area (Å²) < 4.78 is 9.03. The molecule has 0 aliphatic heterocycles. The number of aromatic nitrogens is 2. The summed E-state index contributed by atoms with van der Waals surface area (Å²) in [7, 11) is 1.55. The fourth-order valence-corrected chi connectivity index (χ4v) is 5.59. The van der Waals surface area contributed by atoms with Crippen LogP contribution in [0.3, 0.4) is 0 Å². The molecule has 0 aliphatic carbocycles. The van der Waals surface area contributed by atoms with Crippen molar-refractivity contribution in [3.05, 3.63) is 113 Å². The molecule has 0 aliphatic rings. The number of benzene rings is 4. The number of amides is 1. The van der Waals surface area contributed by atoms with E-state index in [1.165, 1.54) is 4.57 Å². The number of anilines is 1. The van der Waals surface area contributed by atoms with Crippen molar-refractivity contribution in [3.63, 3.8) is 0 Å². The lowest BCUT2D eigenvalue weighted by Crippen LogP contribution is -2.28. The second-order valence-corrected chi connectivity index (χ2v) is 10.1. The number of carbonyl (C=O) groups excluding carboxylic acids is 2. The Kier molecular flexibility index (Phi) is 6.63. The maximum absolute atomic E-state index is 13.5. The molecule has 0 bridgehead atoms. The van der Waals surface area contributed by atoms with Gasteiger partial charge in [-0.25, -0.2) is 4.79 Å². The van der Waals surface area contributed by atoms with Crippen LogP contribution in [-0.2, 0) is 23.1 Å². The highest BCUT2D eigenvalue weighted by Gasteiger charge is 2.23. The molecular weight excluding hydrogens is 514 g/mol. The summed E-state index contributed by atoms with van der Waals surface area (Å²) in [4.78, 5) is 39.5. The maximum atomic E-state index is 13.5. The number of hydrogen-bond donors (Lipinski definition) is 1. The molecule has 0 saturated heterocycles. The quantitative estimate of drug-likeness (QED) is 0.245. The lowest BCUT2D eigenvalue weighted by molar-refractivity contribution is -0.119. The van der Waals surface area contributed by atoms with E-state index in [0.717, 1.165) is 39.5 Å². The third-order valence-electron chi connectivity index (χ3n) is 7.54. The number of nitrogens with one attached hydrogen (secondary N) is 1. The van der Waals surface area contributed by atoms with Crippen LogP contribution in [0.1, 0.15) is 23.0 Å². The topological polar surface area (TPSA) is 82.3 Å². The van der Waals surface area contributed by atoms with Gasteiger partial charge in [0.2, 0.25) is 0 Å². The van der Waals surface area contributed by atoms with Crippen LogP contribution in [0.5, 0.6) is 0 Å². The average molecular weight is 544 g/mol. The van der Waals surface area contributed by atoms with Gasteiger partial charge in [-0.1, -0.05) is 66.2 Å².